The molecule has 1 heterocycles. The van der Waals surface area contributed by atoms with Crippen LogP contribution in [0.25, 0.3) is 0 Å². The van der Waals surface area contributed by atoms with Crippen LogP contribution in [0.2, 0.25) is 0 Å². The Bertz CT molecular complexity index is 460. The first kappa shape index (κ1) is 6.71. The summed E-state index contributed by atoms with van der Waals surface area (Å²) in [6, 6.07) is 7.44. The summed E-state index contributed by atoms with van der Waals surface area (Å²) in [6.45, 7) is 0. The predicted octanol–water partition coefficient (Wildman–Crippen LogP) is 2.27. The summed E-state index contributed by atoms with van der Waals surface area (Å²) < 4.78 is 0. The minimum atomic E-state index is -0.122. The standard InChI is InChI=1S/C10H6N2O/c13-10-7-4-2-1-3-6(7)9-8(10)5-11-12-9/h1-5,9H. The molecule has 1 unspecified atom stereocenters. The molecule has 1 aliphatic heterocycles. The molecule has 1 atom stereocenters. The zero-order valence-corrected chi connectivity index (χ0v) is 6.77. The van der Waals surface area contributed by atoms with Crippen LogP contribution in [-0.4, -0.2) is 5.78 Å². The molecular formula is C10H6N2O. The highest BCUT2D eigenvalue weighted by atomic mass is 16.1. The lowest BCUT2D eigenvalue weighted by atomic mass is 10.1. The molecule has 1 aliphatic carbocycles. The highest BCUT2D eigenvalue weighted by Gasteiger charge is 2.36. The van der Waals surface area contributed by atoms with Gasteiger partial charge in [-0.05, 0) is 5.56 Å². The van der Waals surface area contributed by atoms with Gasteiger partial charge in [-0.15, -0.1) is 0 Å². The van der Waals surface area contributed by atoms with E-state index in [1.165, 1.54) is 0 Å². The first-order valence-electron chi connectivity index (χ1n) is 4.11. The van der Waals surface area contributed by atoms with Gasteiger partial charge in [-0.1, -0.05) is 24.3 Å². The second-order valence-electron chi connectivity index (χ2n) is 3.13. The number of Topliss-reactive ketones (excluding diaryl/α,β-unsaturated/α-hetero) is 1. The third kappa shape index (κ3) is 0.710. The van der Waals surface area contributed by atoms with Crippen molar-refractivity contribution >= 4 is 5.78 Å². The van der Waals surface area contributed by atoms with Gasteiger partial charge >= 0.3 is 0 Å². The fraction of sp³-hybridized carbons (Fsp3) is 0.100. The number of fused-ring (bicyclic) bond motifs is 3. The Kier molecular flexibility index (Phi) is 1.10. The van der Waals surface area contributed by atoms with E-state index in [-0.39, 0.29) is 11.8 Å². The summed E-state index contributed by atoms with van der Waals surface area (Å²) in [7, 11) is 0. The van der Waals surface area contributed by atoms with Crippen LogP contribution in [-0.2, 0) is 0 Å². The molecule has 3 nitrogen and oxygen atoms in total. The third-order valence-corrected chi connectivity index (χ3v) is 2.44. The molecule has 0 fully saturated rings. The number of ketones is 1. The smallest absolute Gasteiger partial charge is 0.193 e. The molecule has 62 valence electrons. The molecular weight excluding hydrogens is 164 g/mol. The number of rotatable bonds is 0. The molecule has 1 aromatic carbocycles. The zero-order chi connectivity index (χ0) is 8.84. The summed E-state index contributed by atoms with van der Waals surface area (Å²) in [5, 5.41) is 7.76. The van der Waals surface area contributed by atoms with Crippen molar-refractivity contribution in [2.75, 3.05) is 0 Å². The molecule has 0 aromatic heterocycles. The fourth-order valence-corrected chi connectivity index (χ4v) is 1.81. The van der Waals surface area contributed by atoms with Crippen LogP contribution in [0.1, 0.15) is 22.0 Å². The van der Waals surface area contributed by atoms with Gasteiger partial charge in [0.05, 0.1) is 11.8 Å². The summed E-state index contributed by atoms with van der Waals surface area (Å²) in [4.78, 5) is 11.7. The molecule has 3 rings (SSSR count). The fourth-order valence-electron chi connectivity index (χ4n) is 1.81. The zero-order valence-electron chi connectivity index (χ0n) is 6.77. The van der Waals surface area contributed by atoms with Gasteiger partial charge in [0.15, 0.2) is 5.78 Å². The van der Waals surface area contributed by atoms with Gasteiger partial charge in [0.1, 0.15) is 6.04 Å². The molecule has 0 N–H and O–H groups in total. The third-order valence-electron chi connectivity index (χ3n) is 2.44. The average molecular weight is 170 g/mol. The normalized spacial score (nSPS) is 22.9. The van der Waals surface area contributed by atoms with E-state index in [1.54, 1.807) is 6.20 Å². The molecule has 1 aromatic rings. The maximum absolute atomic E-state index is 11.7. The number of hydrogen-bond acceptors (Lipinski definition) is 3. The number of hydrogen-bond donors (Lipinski definition) is 0. The van der Waals surface area contributed by atoms with Crippen molar-refractivity contribution in [2.45, 2.75) is 6.04 Å². The highest BCUT2D eigenvalue weighted by Crippen LogP contribution is 2.41. The number of benzene rings is 1. The quantitative estimate of drug-likeness (QED) is 0.588. The lowest BCUT2D eigenvalue weighted by molar-refractivity contribution is 0.103. The van der Waals surface area contributed by atoms with Gasteiger partial charge in [-0.25, -0.2) is 0 Å². The number of nitrogens with zero attached hydrogens (tertiary/aromatic N) is 2. The van der Waals surface area contributed by atoms with Crippen LogP contribution in [0.5, 0.6) is 0 Å². The van der Waals surface area contributed by atoms with E-state index in [9.17, 15) is 4.79 Å². The monoisotopic (exact) mass is 170 g/mol. The van der Waals surface area contributed by atoms with Crippen LogP contribution in [0.4, 0.5) is 0 Å². The molecule has 0 saturated carbocycles. The van der Waals surface area contributed by atoms with E-state index >= 15 is 0 Å². The highest BCUT2D eigenvalue weighted by molar-refractivity contribution is 6.14. The second-order valence-corrected chi connectivity index (χ2v) is 3.13. The van der Waals surface area contributed by atoms with E-state index in [0.717, 1.165) is 11.1 Å². The Morgan fingerprint density at radius 3 is 3.00 bits per heavy atom. The number of carbonyl (C=O) groups excluding carboxylic acids is 1. The van der Waals surface area contributed by atoms with Gasteiger partial charge in [-0.3, -0.25) is 4.79 Å². The molecule has 0 spiro atoms. The topological polar surface area (TPSA) is 41.8 Å². The number of azo groups is 1. The van der Waals surface area contributed by atoms with Crippen LogP contribution in [0.15, 0.2) is 46.3 Å². The van der Waals surface area contributed by atoms with E-state index in [2.05, 4.69) is 10.2 Å². The molecule has 0 amide bonds. The molecule has 13 heavy (non-hydrogen) atoms. The van der Waals surface area contributed by atoms with Crippen molar-refractivity contribution in [1.82, 2.24) is 0 Å². The van der Waals surface area contributed by atoms with E-state index in [4.69, 9.17) is 0 Å². The molecule has 0 radical (unpaired) electrons. The molecule has 0 bridgehead atoms. The summed E-state index contributed by atoms with van der Waals surface area (Å²) in [5.41, 5.74) is 2.47. The molecule has 0 saturated heterocycles. The maximum Gasteiger partial charge on any atom is 0.193 e. The van der Waals surface area contributed by atoms with Gasteiger partial charge in [0.25, 0.3) is 0 Å². The summed E-state index contributed by atoms with van der Waals surface area (Å²) in [6.07, 6.45) is 1.56. The van der Waals surface area contributed by atoms with Crippen molar-refractivity contribution in [1.29, 1.82) is 0 Å². The maximum atomic E-state index is 11.7. The van der Waals surface area contributed by atoms with Crippen molar-refractivity contribution in [3.05, 3.63) is 47.2 Å². The Hall–Kier alpha value is -1.77. The van der Waals surface area contributed by atoms with Gasteiger partial charge in [0, 0.05) is 5.56 Å². The Morgan fingerprint density at radius 2 is 2.08 bits per heavy atom. The SMILES string of the molecule is O=C1C2=CN=NC2c2ccccc21. The Balaban J connectivity index is 2.31. The van der Waals surface area contributed by atoms with Crippen LogP contribution >= 0.6 is 0 Å². The second kappa shape index (κ2) is 2.13. The summed E-state index contributed by atoms with van der Waals surface area (Å²) in [5.74, 6) is 0.0746. The number of carbonyl (C=O) groups is 1. The van der Waals surface area contributed by atoms with Crippen molar-refractivity contribution in [3.8, 4) is 0 Å². The summed E-state index contributed by atoms with van der Waals surface area (Å²) >= 11 is 0. The Labute approximate surface area is 74.8 Å². The van der Waals surface area contributed by atoms with Crippen molar-refractivity contribution < 1.29 is 4.79 Å². The van der Waals surface area contributed by atoms with E-state index < -0.39 is 0 Å². The van der Waals surface area contributed by atoms with Crippen molar-refractivity contribution in [2.24, 2.45) is 10.2 Å². The predicted molar refractivity (Wildman–Crippen MR) is 46.5 cm³/mol. The first-order chi connectivity index (χ1) is 6.38. The molecule has 3 heteroatoms. The Morgan fingerprint density at radius 1 is 1.23 bits per heavy atom. The van der Waals surface area contributed by atoms with E-state index in [1.807, 2.05) is 24.3 Å². The lowest BCUT2D eigenvalue weighted by Gasteiger charge is -1.98. The first-order valence-corrected chi connectivity index (χ1v) is 4.11. The molecule has 2 aliphatic rings. The minimum absolute atomic E-state index is 0.0746. The van der Waals surface area contributed by atoms with E-state index in [0.29, 0.717) is 5.57 Å². The van der Waals surface area contributed by atoms with Crippen LogP contribution in [0.3, 0.4) is 0 Å². The van der Waals surface area contributed by atoms with Gasteiger partial charge < -0.3 is 0 Å². The average Bonchev–Trinajstić information content (AvgIpc) is 2.72. The van der Waals surface area contributed by atoms with Gasteiger partial charge in [-0.2, -0.15) is 10.2 Å². The van der Waals surface area contributed by atoms with Gasteiger partial charge in [0.2, 0.25) is 0 Å². The largest absolute Gasteiger partial charge is 0.289 e. The van der Waals surface area contributed by atoms with Crippen molar-refractivity contribution in [3.63, 3.8) is 0 Å². The van der Waals surface area contributed by atoms with Crippen LogP contribution in [0, 0.1) is 0 Å². The minimum Gasteiger partial charge on any atom is -0.289 e. The lowest BCUT2D eigenvalue weighted by Crippen LogP contribution is -1.94. The van der Waals surface area contributed by atoms with Crippen LogP contribution < -0.4 is 0 Å².